The van der Waals surface area contributed by atoms with Crippen LogP contribution in [0.3, 0.4) is 0 Å². The summed E-state index contributed by atoms with van der Waals surface area (Å²) in [5.74, 6) is 1.82. The highest BCUT2D eigenvalue weighted by atomic mass is 16.5. The average Bonchev–Trinajstić information content (AvgIpc) is 3.32. The molecule has 2 atom stereocenters. The molecule has 1 aromatic carbocycles. The molecule has 1 saturated heterocycles. The van der Waals surface area contributed by atoms with E-state index in [1.807, 2.05) is 30.8 Å². The Bertz CT molecular complexity index is 1030. The summed E-state index contributed by atoms with van der Waals surface area (Å²) in [7, 11) is 0. The number of amides is 1. The Labute approximate surface area is 164 Å². The lowest BCUT2D eigenvalue weighted by molar-refractivity contribution is -0.119. The standard InChI is InChI=1S/C21H27N5O2/c1-12(15-8-19(27)22-9-15)28-18-7-14(6-17-20(18)25-13(2)24-17)16-10-23-26(11-16)21(3,4)5/h6-7,10-12,15H,8-9H2,1-5H3,(H,22,27)(H,24,25). The zero-order valence-electron chi connectivity index (χ0n) is 17.0. The summed E-state index contributed by atoms with van der Waals surface area (Å²) >= 11 is 0. The fraction of sp³-hybridized carbons (Fsp3) is 0.476. The molecule has 1 aliphatic heterocycles. The van der Waals surface area contributed by atoms with E-state index in [1.54, 1.807) is 0 Å². The predicted octanol–water partition coefficient (Wildman–Crippen LogP) is 3.39. The van der Waals surface area contributed by atoms with Gasteiger partial charge in [-0.1, -0.05) is 0 Å². The summed E-state index contributed by atoms with van der Waals surface area (Å²) in [5.41, 5.74) is 3.71. The number of hydrogen-bond acceptors (Lipinski definition) is 4. The van der Waals surface area contributed by atoms with Crippen LogP contribution >= 0.6 is 0 Å². The number of aryl methyl sites for hydroxylation is 1. The van der Waals surface area contributed by atoms with Gasteiger partial charge in [0.05, 0.1) is 17.3 Å². The molecule has 4 rings (SSSR count). The smallest absolute Gasteiger partial charge is 0.220 e. The molecule has 0 spiro atoms. The Hall–Kier alpha value is -2.83. The van der Waals surface area contributed by atoms with Crippen LogP contribution in [-0.4, -0.2) is 38.3 Å². The average molecular weight is 381 g/mol. The lowest BCUT2D eigenvalue weighted by atomic mass is 10.0. The number of carbonyl (C=O) groups excluding carboxylic acids is 1. The summed E-state index contributed by atoms with van der Waals surface area (Å²) < 4.78 is 8.27. The lowest BCUT2D eigenvalue weighted by Crippen LogP contribution is -2.25. The first-order valence-corrected chi connectivity index (χ1v) is 9.70. The molecule has 1 fully saturated rings. The van der Waals surface area contributed by atoms with Crippen molar-refractivity contribution in [3.63, 3.8) is 0 Å². The number of imidazole rings is 1. The molecule has 148 valence electrons. The van der Waals surface area contributed by atoms with Crippen molar-refractivity contribution in [3.05, 3.63) is 30.4 Å². The van der Waals surface area contributed by atoms with Crippen molar-refractivity contribution in [1.29, 1.82) is 0 Å². The van der Waals surface area contributed by atoms with Crippen LogP contribution < -0.4 is 10.1 Å². The molecule has 1 amide bonds. The van der Waals surface area contributed by atoms with Crippen LogP contribution in [0.25, 0.3) is 22.2 Å². The van der Waals surface area contributed by atoms with E-state index in [0.717, 1.165) is 33.7 Å². The van der Waals surface area contributed by atoms with Gasteiger partial charge in [0, 0.05) is 30.6 Å². The van der Waals surface area contributed by atoms with Crippen molar-refractivity contribution in [2.75, 3.05) is 6.54 Å². The van der Waals surface area contributed by atoms with Crippen molar-refractivity contribution in [1.82, 2.24) is 25.1 Å². The third-order valence-corrected chi connectivity index (χ3v) is 5.26. The van der Waals surface area contributed by atoms with Crippen LogP contribution in [0.15, 0.2) is 24.5 Å². The second-order valence-corrected chi connectivity index (χ2v) is 8.63. The predicted molar refractivity (Wildman–Crippen MR) is 108 cm³/mol. The van der Waals surface area contributed by atoms with Crippen LogP contribution in [0.4, 0.5) is 0 Å². The topological polar surface area (TPSA) is 84.8 Å². The minimum Gasteiger partial charge on any atom is -0.488 e. The van der Waals surface area contributed by atoms with E-state index in [-0.39, 0.29) is 23.5 Å². The quantitative estimate of drug-likeness (QED) is 0.725. The van der Waals surface area contributed by atoms with Crippen LogP contribution in [0.1, 0.15) is 39.9 Å². The molecule has 2 N–H and O–H groups in total. The summed E-state index contributed by atoms with van der Waals surface area (Å²) in [4.78, 5) is 19.5. The molecule has 7 nitrogen and oxygen atoms in total. The number of fused-ring (bicyclic) bond motifs is 1. The maximum atomic E-state index is 11.6. The largest absolute Gasteiger partial charge is 0.488 e. The molecule has 7 heteroatoms. The number of H-pyrrole nitrogens is 1. The van der Waals surface area contributed by atoms with Gasteiger partial charge < -0.3 is 15.0 Å². The van der Waals surface area contributed by atoms with Gasteiger partial charge in [0.1, 0.15) is 23.2 Å². The van der Waals surface area contributed by atoms with Crippen LogP contribution in [0, 0.1) is 12.8 Å². The van der Waals surface area contributed by atoms with E-state index in [4.69, 9.17) is 4.74 Å². The molecule has 2 unspecified atom stereocenters. The maximum Gasteiger partial charge on any atom is 0.220 e. The second-order valence-electron chi connectivity index (χ2n) is 8.63. The highest BCUT2D eigenvalue weighted by Crippen LogP contribution is 2.33. The number of hydrogen-bond donors (Lipinski definition) is 2. The Kier molecular flexibility index (Phi) is 4.40. The fourth-order valence-corrected chi connectivity index (χ4v) is 3.56. The van der Waals surface area contributed by atoms with E-state index in [9.17, 15) is 4.79 Å². The van der Waals surface area contributed by atoms with Crippen molar-refractivity contribution in [3.8, 4) is 16.9 Å². The van der Waals surface area contributed by atoms with E-state index < -0.39 is 0 Å². The summed E-state index contributed by atoms with van der Waals surface area (Å²) in [5, 5.41) is 7.40. The van der Waals surface area contributed by atoms with Gasteiger partial charge in [-0.2, -0.15) is 5.10 Å². The molecular formula is C21H27N5O2. The summed E-state index contributed by atoms with van der Waals surface area (Å²) in [6, 6.07) is 4.10. The number of aromatic nitrogens is 4. The van der Waals surface area contributed by atoms with Crippen LogP contribution in [0.5, 0.6) is 5.75 Å². The Morgan fingerprint density at radius 2 is 2.07 bits per heavy atom. The Morgan fingerprint density at radius 1 is 1.29 bits per heavy atom. The second kappa shape index (κ2) is 6.65. The molecule has 28 heavy (non-hydrogen) atoms. The van der Waals surface area contributed by atoms with Gasteiger partial charge in [-0.25, -0.2) is 4.98 Å². The zero-order chi connectivity index (χ0) is 20.1. The Balaban J connectivity index is 1.71. The van der Waals surface area contributed by atoms with Crippen molar-refractivity contribution < 1.29 is 9.53 Å². The highest BCUT2D eigenvalue weighted by Gasteiger charge is 2.28. The monoisotopic (exact) mass is 381 g/mol. The number of ether oxygens (including phenoxy) is 1. The summed E-state index contributed by atoms with van der Waals surface area (Å²) in [6.45, 7) is 11.0. The third kappa shape index (κ3) is 3.48. The fourth-order valence-electron chi connectivity index (χ4n) is 3.56. The molecule has 1 aliphatic rings. The highest BCUT2D eigenvalue weighted by molar-refractivity contribution is 5.87. The number of nitrogens with zero attached hydrogens (tertiary/aromatic N) is 3. The normalized spacial score (nSPS) is 18.5. The number of carbonyl (C=O) groups is 1. The van der Waals surface area contributed by atoms with Gasteiger partial charge >= 0.3 is 0 Å². The van der Waals surface area contributed by atoms with Gasteiger partial charge in [0.25, 0.3) is 0 Å². The molecule has 0 aliphatic carbocycles. The van der Waals surface area contributed by atoms with Gasteiger partial charge in [-0.3, -0.25) is 9.48 Å². The lowest BCUT2D eigenvalue weighted by Gasteiger charge is -2.20. The molecule has 2 aromatic heterocycles. The van der Waals surface area contributed by atoms with Gasteiger partial charge in [0.2, 0.25) is 5.91 Å². The summed E-state index contributed by atoms with van der Waals surface area (Å²) in [6.07, 6.45) is 4.34. The number of nitrogens with one attached hydrogen (secondary N) is 2. The molecule has 0 bridgehead atoms. The molecule has 3 heterocycles. The van der Waals surface area contributed by atoms with E-state index in [2.05, 4.69) is 53.4 Å². The van der Waals surface area contributed by atoms with Crippen molar-refractivity contribution in [2.24, 2.45) is 5.92 Å². The van der Waals surface area contributed by atoms with Gasteiger partial charge in [-0.05, 0) is 52.3 Å². The minimum absolute atomic E-state index is 0.0806. The number of rotatable bonds is 4. The number of benzene rings is 1. The molecular weight excluding hydrogens is 354 g/mol. The van der Waals surface area contributed by atoms with Gasteiger partial charge in [0.15, 0.2) is 0 Å². The maximum absolute atomic E-state index is 11.6. The van der Waals surface area contributed by atoms with Gasteiger partial charge in [-0.15, -0.1) is 0 Å². The van der Waals surface area contributed by atoms with Crippen LogP contribution in [-0.2, 0) is 10.3 Å². The van der Waals surface area contributed by atoms with E-state index in [1.165, 1.54) is 0 Å². The Morgan fingerprint density at radius 3 is 2.71 bits per heavy atom. The van der Waals surface area contributed by atoms with Crippen LogP contribution in [0.2, 0.25) is 0 Å². The van der Waals surface area contributed by atoms with Crippen molar-refractivity contribution >= 4 is 16.9 Å². The molecule has 0 saturated carbocycles. The SMILES string of the molecule is Cc1nc2c(OC(C)C3CNC(=O)C3)cc(-c3cnn(C(C)(C)C)c3)cc2[nH]1. The number of aromatic amines is 1. The van der Waals surface area contributed by atoms with Crippen molar-refractivity contribution in [2.45, 2.75) is 52.7 Å². The molecule has 3 aromatic rings. The third-order valence-electron chi connectivity index (χ3n) is 5.26. The molecule has 0 radical (unpaired) electrons. The first-order chi connectivity index (χ1) is 13.2. The minimum atomic E-state index is -0.0910. The van der Waals surface area contributed by atoms with E-state index >= 15 is 0 Å². The zero-order valence-corrected chi connectivity index (χ0v) is 17.0. The van der Waals surface area contributed by atoms with E-state index in [0.29, 0.717) is 13.0 Å². The first kappa shape index (κ1) is 18.5. The first-order valence-electron chi connectivity index (χ1n) is 9.70.